The van der Waals surface area contributed by atoms with Crippen LogP contribution in [0.1, 0.15) is 62.7 Å². The highest BCUT2D eigenvalue weighted by atomic mass is 35.5. The first kappa shape index (κ1) is 17.8. The third-order valence-corrected chi connectivity index (χ3v) is 4.75. The van der Waals surface area contributed by atoms with E-state index >= 15 is 0 Å². The van der Waals surface area contributed by atoms with Crippen LogP contribution in [-0.2, 0) is 5.54 Å². The maximum atomic E-state index is 6.44. The number of aryl methyl sites for hydroxylation is 1. The zero-order valence-electron chi connectivity index (χ0n) is 14.6. The fourth-order valence-corrected chi connectivity index (χ4v) is 3.42. The summed E-state index contributed by atoms with van der Waals surface area (Å²) in [5.41, 5.74) is 8.93. The second-order valence-electron chi connectivity index (χ2n) is 7.00. The van der Waals surface area contributed by atoms with Crippen molar-refractivity contribution >= 4 is 23.5 Å². The molecule has 3 aromatic rings. The first-order chi connectivity index (χ1) is 11.5. The van der Waals surface area contributed by atoms with Crippen LogP contribution in [0.3, 0.4) is 0 Å². The maximum Gasteiger partial charge on any atom is 0.259 e. The van der Waals surface area contributed by atoms with Crippen molar-refractivity contribution < 1.29 is 9.05 Å². The highest BCUT2D eigenvalue weighted by Crippen LogP contribution is 2.37. The van der Waals surface area contributed by atoms with Gasteiger partial charge in [-0.3, -0.25) is 0 Å². The molecule has 8 heteroatoms. The van der Waals surface area contributed by atoms with Gasteiger partial charge < -0.3 is 14.8 Å². The van der Waals surface area contributed by atoms with Gasteiger partial charge >= 0.3 is 0 Å². The smallest absolute Gasteiger partial charge is 0.259 e. The topological polar surface area (TPSA) is 104 Å². The summed E-state index contributed by atoms with van der Waals surface area (Å²) in [7, 11) is 0. The molecular weight excluding hydrogens is 342 g/mol. The van der Waals surface area contributed by atoms with Crippen molar-refractivity contribution in [2.45, 2.75) is 57.9 Å². The van der Waals surface area contributed by atoms with Gasteiger partial charge in [0.2, 0.25) is 0 Å². The van der Waals surface area contributed by atoms with E-state index < -0.39 is 5.54 Å². The summed E-state index contributed by atoms with van der Waals surface area (Å²) < 4.78 is 11.0. The number of nitrogens with two attached hydrogens (primary N) is 1. The molecule has 1 aliphatic carbocycles. The van der Waals surface area contributed by atoms with Gasteiger partial charge in [0, 0.05) is 5.69 Å². The summed E-state index contributed by atoms with van der Waals surface area (Å²) >= 11 is 0. The van der Waals surface area contributed by atoms with Gasteiger partial charge in [-0.2, -0.15) is 4.98 Å². The van der Waals surface area contributed by atoms with Crippen molar-refractivity contribution in [3.8, 4) is 11.5 Å². The van der Waals surface area contributed by atoms with Crippen LogP contribution in [0.15, 0.2) is 15.1 Å². The van der Waals surface area contributed by atoms with Crippen LogP contribution in [0.5, 0.6) is 0 Å². The van der Waals surface area contributed by atoms with Gasteiger partial charge in [-0.15, -0.1) is 12.4 Å². The van der Waals surface area contributed by atoms with Gasteiger partial charge in [-0.1, -0.05) is 37.0 Å². The van der Waals surface area contributed by atoms with E-state index in [1.54, 1.807) is 0 Å². The minimum Gasteiger partial charge on any atom is -0.335 e. The molecule has 7 nitrogen and oxygen atoms in total. The summed E-state index contributed by atoms with van der Waals surface area (Å²) in [6.45, 7) is 6.03. The van der Waals surface area contributed by atoms with Crippen LogP contribution >= 0.6 is 12.4 Å². The minimum absolute atomic E-state index is 0. The second-order valence-corrected chi connectivity index (χ2v) is 7.00. The van der Waals surface area contributed by atoms with Gasteiger partial charge in [0.05, 0.1) is 22.2 Å². The Kier molecular flexibility index (Phi) is 4.55. The summed E-state index contributed by atoms with van der Waals surface area (Å²) in [6, 6.07) is 1.93. The molecule has 1 aliphatic rings. The van der Waals surface area contributed by atoms with E-state index in [0.717, 1.165) is 48.0 Å². The lowest BCUT2D eigenvalue weighted by Crippen LogP contribution is -2.34. The summed E-state index contributed by atoms with van der Waals surface area (Å²) in [4.78, 5) is 9.02. The standard InChI is InChI=1S/C17H21N5O2.ClH/c1-9(2)13-12-11(8-10(3)19-15(12)24-21-13)14-20-16(22-23-14)17(18)6-4-5-7-17;/h8-9H,4-7,18H2,1-3H3;1H. The number of nitrogens with zero attached hydrogens (tertiary/aromatic N) is 4. The number of pyridine rings is 1. The molecule has 0 unspecified atom stereocenters. The van der Waals surface area contributed by atoms with E-state index in [1.165, 1.54) is 0 Å². The van der Waals surface area contributed by atoms with Gasteiger partial charge in [0.15, 0.2) is 5.82 Å². The van der Waals surface area contributed by atoms with E-state index in [1.807, 2.05) is 13.0 Å². The third kappa shape index (κ3) is 2.91. The Balaban J connectivity index is 0.00000182. The molecule has 2 N–H and O–H groups in total. The van der Waals surface area contributed by atoms with Gasteiger partial charge in [-0.25, -0.2) is 4.98 Å². The van der Waals surface area contributed by atoms with Gasteiger partial charge in [0.25, 0.3) is 11.6 Å². The molecule has 0 aromatic carbocycles. The molecule has 0 radical (unpaired) electrons. The minimum atomic E-state index is -0.474. The summed E-state index contributed by atoms with van der Waals surface area (Å²) in [5.74, 6) is 1.23. The molecule has 3 aromatic heterocycles. The van der Waals surface area contributed by atoms with Crippen molar-refractivity contribution in [1.29, 1.82) is 0 Å². The number of aromatic nitrogens is 4. The van der Waals surface area contributed by atoms with E-state index in [-0.39, 0.29) is 18.3 Å². The monoisotopic (exact) mass is 363 g/mol. The first-order valence-corrected chi connectivity index (χ1v) is 8.38. The molecule has 0 amide bonds. The molecular formula is C17H22ClN5O2. The number of rotatable bonds is 3. The average molecular weight is 364 g/mol. The van der Waals surface area contributed by atoms with Crippen LogP contribution in [-0.4, -0.2) is 20.3 Å². The second kappa shape index (κ2) is 6.38. The number of fused-ring (bicyclic) bond motifs is 1. The van der Waals surface area contributed by atoms with Gasteiger partial charge in [0.1, 0.15) is 0 Å². The lowest BCUT2D eigenvalue weighted by molar-refractivity contribution is 0.373. The molecule has 3 heterocycles. The highest BCUT2D eigenvalue weighted by Gasteiger charge is 2.36. The predicted molar refractivity (Wildman–Crippen MR) is 95.5 cm³/mol. The van der Waals surface area contributed by atoms with Crippen molar-refractivity contribution in [3.05, 3.63) is 23.3 Å². The number of hydrogen-bond donors (Lipinski definition) is 1. The fourth-order valence-electron chi connectivity index (χ4n) is 3.42. The van der Waals surface area contributed by atoms with Crippen LogP contribution < -0.4 is 5.73 Å². The maximum absolute atomic E-state index is 6.44. The zero-order valence-corrected chi connectivity index (χ0v) is 15.4. The van der Waals surface area contributed by atoms with E-state index in [9.17, 15) is 0 Å². The Morgan fingerprint density at radius 3 is 2.52 bits per heavy atom. The zero-order chi connectivity index (χ0) is 16.9. The molecule has 134 valence electrons. The Labute approximate surface area is 151 Å². The van der Waals surface area contributed by atoms with E-state index in [4.69, 9.17) is 14.8 Å². The predicted octanol–water partition coefficient (Wildman–Crippen LogP) is 3.85. The van der Waals surface area contributed by atoms with Crippen molar-refractivity contribution in [2.24, 2.45) is 5.73 Å². The van der Waals surface area contributed by atoms with Crippen molar-refractivity contribution in [1.82, 2.24) is 20.3 Å². The lowest BCUT2D eigenvalue weighted by atomic mass is 9.98. The molecule has 0 saturated heterocycles. The molecule has 1 fully saturated rings. The summed E-state index contributed by atoms with van der Waals surface area (Å²) in [5, 5.41) is 9.16. The first-order valence-electron chi connectivity index (χ1n) is 8.38. The highest BCUT2D eigenvalue weighted by molar-refractivity contribution is 5.91. The van der Waals surface area contributed by atoms with Crippen LogP contribution in [0.25, 0.3) is 22.6 Å². The van der Waals surface area contributed by atoms with Crippen molar-refractivity contribution in [2.75, 3.05) is 0 Å². The number of halogens is 1. The Morgan fingerprint density at radius 1 is 1.12 bits per heavy atom. The van der Waals surface area contributed by atoms with E-state index in [2.05, 4.69) is 34.1 Å². The molecule has 0 bridgehead atoms. The molecule has 1 saturated carbocycles. The fraction of sp³-hybridized carbons (Fsp3) is 0.529. The largest absolute Gasteiger partial charge is 0.335 e. The number of hydrogen-bond acceptors (Lipinski definition) is 7. The van der Waals surface area contributed by atoms with E-state index in [0.29, 0.717) is 17.4 Å². The summed E-state index contributed by atoms with van der Waals surface area (Å²) in [6.07, 6.45) is 3.98. The molecule has 25 heavy (non-hydrogen) atoms. The normalized spacial score (nSPS) is 16.5. The quantitative estimate of drug-likeness (QED) is 0.753. The Bertz CT molecular complexity index is 896. The Morgan fingerprint density at radius 2 is 1.84 bits per heavy atom. The SMILES string of the molecule is Cc1cc(-c2nc(C3(N)CCCC3)no2)c2c(C(C)C)noc2n1.Cl. The lowest BCUT2D eigenvalue weighted by Gasteiger charge is -2.17. The van der Waals surface area contributed by atoms with Crippen LogP contribution in [0.4, 0.5) is 0 Å². The molecule has 0 spiro atoms. The third-order valence-electron chi connectivity index (χ3n) is 4.75. The van der Waals surface area contributed by atoms with Crippen LogP contribution in [0, 0.1) is 6.92 Å². The Hall–Kier alpha value is -1.99. The van der Waals surface area contributed by atoms with Crippen molar-refractivity contribution in [3.63, 3.8) is 0 Å². The molecule has 4 rings (SSSR count). The average Bonchev–Trinajstić information content (AvgIpc) is 3.24. The molecule has 0 atom stereocenters. The van der Waals surface area contributed by atoms with Gasteiger partial charge in [-0.05, 0) is 31.7 Å². The molecule has 0 aliphatic heterocycles. The van der Waals surface area contributed by atoms with Crippen LogP contribution in [0.2, 0.25) is 0 Å².